The number of hydrogen-bond donors (Lipinski definition) is 1. The molecule has 0 aromatic carbocycles. The summed E-state index contributed by atoms with van der Waals surface area (Å²) < 4.78 is 3.24. The van der Waals surface area contributed by atoms with Crippen LogP contribution in [0.3, 0.4) is 0 Å². The molecule has 0 radical (unpaired) electrons. The van der Waals surface area contributed by atoms with Gasteiger partial charge in [0.25, 0.3) is 5.91 Å². The Kier molecular flexibility index (Phi) is 4.13. The van der Waals surface area contributed by atoms with Crippen LogP contribution >= 0.6 is 0 Å². The highest BCUT2D eigenvalue weighted by molar-refractivity contribution is 6.02. The number of nitrogens with zero attached hydrogens (tertiary/aromatic N) is 8. The van der Waals surface area contributed by atoms with Crippen LogP contribution in [0.25, 0.3) is 11.6 Å². The van der Waals surface area contributed by atoms with Gasteiger partial charge in [0.2, 0.25) is 0 Å². The third kappa shape index (κ3) is 3.40. The van der Waals surface area contributed by atoms with E-state index in [0.717, 1.165) is 11.4 Å². The molecule has 4 rings (SSSR count). The first-order valence-electron chi connectivity index (χ1n) is 8.11. The molecule has 0 aliphatic heterocycles. The first-order valence-corrected chi connectivity index (χ1v) is 8.11. The predicted octanol–water partition coefficient (Wildman–Crippen LogP) is 1.51. The molecule has 0 spiro atoms. The van der Waals surface area contributed by atoms with E-state index in [-0.39, 0.29) is 5.69 Å². The van der Waals surface area contributed by atoms with Crippen molar-refractivity contribution in [2.75, 3.05) is 5.32 Å². The zero-order valence-electron chi connectivity index (χ0n) is 14.6. The van der Waals surface area contributed by atoms with Crippen molar-refractivity contribution in [2.24, 2.45) is 0 Å². The lowest BCUT2D eigenvalue weighted by molar-refractivity contribution is 0.102. The normalized spacial score (nSPS) is 10.7. The molecule has 1 amide bonds. The van der Waals surface area contributed by atoms with E-state index in [9.17, 15) is 4.79 Å². The smallest absolute Gasteiger partial charge is 0.277 e. The Hall–Kier alpha value is -3.95. The summed E-state index contributed by atoms with van der Waals surface area (Å²) in [5.41, 5.74) is 1.98. The Balaban J connectivity index is 1.53. The van der Waals surface area contributed by atoms with Crippen molar-refractivity contribution in [1.82, 2.24) is 39.7 Å². The zero-order valence-corrected chi connectivity index (χ0v) is 14.6. The maximum atomic E-state index is 12.4. The number of aromatic nitrogens is 8. The lowest BCUT2D eigenvalue weighted by atomic mass is 10.3. The molecule has 0 bridgehead atoms. The minimum atomic E-state index is -0.424. The van der Waals surface area contributed by atoms with Gasteiger partial charge in [-0.05, 0) is 38.1 Å². The Bertz CT molecular complexity index is 1080. The van der Waals surface area contributed by atoms with Crippen molar-refractivity contribution >= 4 is 11.7 Å². The molecule has 1 N–H and O–H groups in total. The van der Waals surface area contributed by atoms with Crippen LogP contribution in [0.2, 0.25) is 0 Å². The largest absolute Gasteiger partial charge is 0.305 e. The van der Waals surface area contributed by atoms with Crippen LogP contribution in [-0.2, 0) is 0 Å². The van der Waals surface area contributed by atoms with Crippen LogP contribution in [0, 0.1) is 13.8 Å². The molecule has 0 aliphatic rings. The van der Waals surface area contributed by atoms with Gasteiger partial charge in [-0.1, -0.05) is 0 Å². The van der Waals surface area contributed by atoms with Crippen LogP contribution in [0.5, 0.6) is 0 Å². The SMILES string of the molecule is Cc1cc(C)n(-c2cc(NC(=O)c3ccc(-n4cccn4)nn3)ncn2)n1. The molecule has 0 fully saturated rings. The van der Waals surface area contributed by atoms with Gasteiger partial charge in [-0.15, -0.1) is 10.2 Å². The minimum Gasteiger partial charge on any atom is -0.305 e. The lowest BCUT2D eigenvalue weighted by Gasteiger charge is -2.07. The average molecular weight is 361 g/mol. The van der Waals surface area contributed by atoms with E-state index >= 15 is 0 Å². The van der Waals surface area contributed by atoms with Crippen molar-refractivity contribution in [3.8, 4) is 11.6 Å². The molecule has 0 aliphatic carbocycles. The van der Waals surface area contributed by atoms with Gasteiger partial charge < -0.3 is 5.32 Å². The molecule has 0 atom stereocenters. The molecule has 0 saturated heterocycles. The maximum Gasteiger partial charge on any atom is 0.277 e. The number of anilines is 1. The highest BCUT2D eigenvalue weighted by Gasteiger charge is 2.12. The van der Waals surface area contributed by atoms with Gasteiger partial charge in [0.05, 0.1) is 5.69 Å². The van der Waals surface area contributed by atoms with Gasteiger partial charge in [0.15, 0.2) is 17.3 Å². The summed E-state index contributed by atoms with van der Waals surface area (Å²) in [7, 11) is 0. The Morgan fingerprint density at radius 2 is 1.96 bits per heavy atom. The zero-order chi connectivity index (χ0) is 18.8. The van der Waals surface area contributed by atoms with Crippen molar-refractivity contribution in [2.45, 2.75) is 13.8 Å². The Morgan fingerprint density at radius 1 is 1.07 bits per heavy atom. The van der Waals surface area contributed by atoms with Crippen molar-refractivity contribution in [3.63, 3.8) is 0 Å². The van der Waals surface area contributed by atoms with Gasteiger partial charge >= 0.3 is 0 Å². The summed E-state index contributed by atoms with van der Waals surface area (Å²) in [4.78, 5) is 20.7. The molecule has 134 valence electrons. The molecule has 4 aromatic heterocycles. The number of nitrogens with one attached hydrogen (secondary N) is 1. The van der Waals surface area contributed by atoms with Crippen molar-refractivity contribution in [1.29, 1.82) is 0 Å². The number of carbonyl (C=O) groups excluding carboxylic acids is 1. The topological polar surface area (TPSA) is 116 Å². The number of rotatable bonds is 4. The van der Waals surface area contributed by atoms with Crippen LogP contribution < -0.4 is 5.32 Å². The summed E-state index contributed by atoms with van der Waals surface area (Å²) in [6.45, 7) is 3.83. The number of aryl methyl sites for hydroxylation is 2. The third-order valence-electron chi connectivity index (χ3n) is 3.74. The second-order valence-electron chi connectivity index (χ2n) is 5.78. The molecular weight excluding hydrogens is 346 g/mol. The van der Waals surface area contributed by atoms with Gasteiger partial charge in [-0.3, -0.25) is 4.79 Å². The average Bonchev–Trinajstić information content (AvgIpc) is 3.32. The summed E-state index contributed by atoms with van der Waals surface area (Å²) in [6.07, 6.45) is 4.75. The minimum absolute atomic E-state index is 0.164. The molecule has 0 saturated carbocycles. The van der Waals surface area contributed by atoms with Gasteiger partial charge in [0, 0.05) is 24.2 Å². The third-order valence-corrected chi connectivity index (χ3v) is 3.74. The second-order valence-corrected chi connectivity index (χ2v) is 5.78. The molecule has 4 heterocycles. The lowest BCUT2D eigenvalue weighted by Crippen LogP contribution is -2.16. The molecular formula is C17H15N9O. The van der Waals surface area contributed by atoms with E-state index in [4.69, 9.17) is 0 Å². The Morgan fingerprint density at radius 3 is 2.63 bits per heavy atom. The monoisotopic (exact) mass is 361 g/mol. The fourth-order valence-corrected chi connectivity index (χ4v) is 2.55. The molecule has 10 heteroatoms. The highest BCUT2D eigenvalue weighted by atomic mass is 16.2. The quantitative estimate of drug-likeness (QED) is 0.585. The van der Waals surface area contributed by atoms with E-state index in [1.807, 2.05) is 19.9 Å². The van der Waals surface area contributed by atoms with Crippen LogP contribution in [0.4, 0.5) is 5.82 Å². The standard InChI is InChI=1S/C17H15N9O/c1-11-8-12(2)26(24-11)16-9-14(18-10-19-16)21-17(27)13-4-5-15(23-22-13)25-7-3-6-20-25/h3-10H,1-2H3,(H,18,19,21,27). The van der Waals surface area contributed by atoms with E-state index in [0.29, 0.717) is 17.5 Å². The summed E-state index contributed by atoms with van der Waals surface area (Å²) in [5, 5.41) is 19.1. The van der Waals surface area contributed by atoms with E-state index in [2.05, 4.69) is 35.7 Å². The summed E-state index contributed by atoms with van der Waals surface area (Å²) >= 11 is 0. The number of carbonyl (C=O) groups is 1. The summed E-state index contributed by atoms with van der Waals surface area (Å²) in [6, 6.07) is 8.59. The fourth-order valence-electron chi connectivity index (χ4n) is 2.55. The first kappa shape index (κ1) is 16.5. The molecule has 0 unspecified atom stereocenters. The Labute approximate surface area is 153 Å². The van der Waals surface area contributed by atoms with E-state index < -0.39 is 5.91 Å². The van der Waals surface area contributed by atoms with E-state index in [1.54, 1.807) is 46.0 Å². The summed E-state index contributed by atoms with van der Waals surface area (Å²) in [5.74, 6) is 0.999. The van der Waals surface area contributed by atoms with Crippen molar-refractivity contribution < 1.29 is 4.79 Å². The second kappa shape index (κ2) is 6.75. The fraction of sp³-hybridized carbons (Fsp3) is 0.118. The van der Waals surface area contributed by atoms with Gasteiger partial charge in [0.1, 0.15) is 12.1 Å². The highest BCUT2D eigenvalue weighted by Crippen LogP contribution is 2.13. The van der Waals surface area contributed by atoms with Crippen LogP contribution in [0.1, 0.15) is 21.9 Å². The van der Waals surface area contributed by atoms with Gasteiger partial charge in [-0.25, -0.2) is 19.3 Å². The van der Waals surface area contributed by atoms with E-state index in [1.165, 1.54) is 6.33 Å². The number of hydrogen-bond acceptors (Lipinski definition) is 7. The molecule has 27 heavy (non-hydrogen) atoms. The van der Waals surface area contributed by atoms with Crippen LogP contribution in [-0.4, -0.2) is 45.6 Å². The van der Waals surface area contributed by atoms with Crippen LogP contribution in [0.15, 0.2) is 49.1 Å². The first-order chi connectivity index (χ1) is 13.1. The van der Waals surface area contributed by atoms with Crippen molar-refractivity contribution in [3.05, 3.63) is 66.1 Å². The predicted molar refractivity (Wildman–Crippen MR) is 95.7 cm³/mol. The molecule has 4 aromatic rings. The maximum absolute atomic E-state index is 12.4. The number of amides is 1. The van der Waals surface area contributed by atoms with Gasteiger partial charge in [-0.2, -0.15) is 10.2 Å². The molecule has 10 nitrogen and oxygen atoms in total.